The third kappa shape index (κ3) is 5.96. The number of likely N-dealkylation sites (tertiary alicyclic amines) is 1. The average Bonchev–Trinajstić information content (AvgIpc) is 3.22. The number of amides is 2. The first-order valence-electron chi connectivity index (χ1n) is 9.30. The van der Waals surface area contributed by atoms with Crippen LogP contribution >= 0.6 is 11.3 Å². The fourth-order valence-electron chi connectivity index (χ4n) is 3.29. The number of carbonyl (C=O) groups is 2. The van der Waals surface area contributed by atoms with Gasteiger partial charge in [-0.1, -0.05) is 18.2 Å². The van der Waals surface area contributed by atoms with Crippen molar-refractivity contribution in [2.75, 3.05) is 13.1 Å². The second-order valence-corrected chi connectivity index (χ2v) is 7.67. The second-order valence-electron chi connectivity index (χ2n) is 6.72. The van der Waals surface area contributed by atoms with E-state index in [2.05, 4.69) is 10.1 Å². The molecule has 1 atom stereocenters. The summed E-state index contributed by atoms with van der Waals surface area (Å²) >= 11 is 1.35. The Labute approximate surface area is 170 Å². The molecule has 0 bridgehead atoms. The Hall–Kier alpha value is -2.55. The van der Waals surface area contributed by atoms with Crippen molar-refractivity contribution in [2.45, 2.75) is 38.1 Å². The van der Waals surface area contributed by atoms with E-state index in [0.29, 0.717) is 30.8 Å². The van der Waals surface area contributed by atoms with Gasteiger partial charge in [0, 0.05) is 13.1 Å². The number of hydrogen-bond donors (Lipinski definition) is 1. The number of thiophene rings is 1. The molecule has 29 heavy (non-hydrogen) atoms. The maximum Gasteiger partial charge on any atom is 0.573 e. The topological polar surface area (TPSA) is 58.6 Å². The minimum atomic E-state index is -4.72. The highest BCUT2D eigenvalue weighted by atomic mass is 32.1. The zero-order valence-electron chi connectivity index (χ0n) is 15.6. The van der Waals surface area contributed by atoms with Gasteiger partial charge in [0.15, 0.2) is 0 Å². The molecule has 1 aromatic heterocycles. The molecule has 9 heteroatoms. The number of benzene rings is 1. The largest absolute Gasteiger partial charge is 0.573 e. The lowest BCUT2D eigenvalue weighted by molar-refractivity contribution is -0.274. The van der Waals surface area contributed by atoms with Gasteiger partial charge in [-0.3, -0.25) is 9.59 Å². The Kier molecular flexibility index (Phi) is 6.79. The summed E-state index contributed by atoms with van der Waals surface area (Å²) in [6, 6.07) is 8.60. The third-order valence-corrected chi connectivity index (χ3v) is 5.53. The molecular formula is C20H21F3N2O3S. The number of rotatable bonds is 6. The van der Waals surface area contributed by atoms with E-state index in [1.807, 2.05) is 11.4 Å². The van der Waals surface area contributed by atoms with Crippen molar-refractivity contribution >= 4 is 23.2 Å². The average molecular weight is 426 g/mol. The van der Waals surface area contributed by atoms with Crippen LogP contribution in [0.4, 0.5) is 13.2 Å². The van der Waals surface area contributed by atoms with Crippen molar-refractivity contribution in [1.82, 2.24) is 10.2 Å². The van der Waals surface area contributed by atoms with Gasteiger partial charge in [-0.05, 0) is 54.8 Å². The number of hydrogen-bond acceptors (Lipinski definition) is 4. The van der Waals surface area contributed by atoms with Crippen LogP contribution in [0.25, 0.3) is 0 Å². The predicted octanol–water partition coefficient (Wildman–Crippen LogP) is 4.00. The van der Waals surface area contributed by atoms with Gasteiger partial charge in [-0.2, -0.15) is 0 Å². The van der Waals surface area contributed by atoms with Gasteiger partial charge in [0.2, 0.25) is 5.91 Å². The Morgan fingerprint density at radius 2 is 1.93 bits per heavy atom. The van der Waals surface area contributed by atoms with Crippen LogP contribution in [0.1, 0.15) is 34.5 Å². The molecule has 1 unspecified atom stereocenters. The van der Waals surface area contributed by atoms with E-state index in [1.165, 1.54) is 35.6 Å². The van der Waals surface area contributed by atoms with Crippen molar-refractivity contribution < 1.29 is 27.5 Å². The first-order valence-corrected chi connectivity index (χ1v) is 10.2. The maximum atomic E-state index is 12.7. The van der Waals surface area contributed by atoms with Crippen LogP contribution in [0.5, 0.6) is 5.75 Å². The van der Waals surface area contributed by atoms with Crippen LogP contribution in [0.15, 0.2) is 41.8 Å². The molecule has 1 aliphatic heterocycles. The van der Waals surface area contributed by atoms with E-state index in [1.54, 1.807) is 11.0 Å². The summed E-state index contributed by atoms with van der Waals surface area (Å²) in [5, 5.41) is 4.67. The Morgan fingerprint density at radius 3 is 2.59 bits per heavy atom. The highest BCUT2D eigenvalue weighted by molar-refractivity contribution is 7.12. The summed E-state index contributed by atoms with van der Waals surface area (Å²) in [5.74, 6) is -0.609. The molecule has 3 rings (SSSR count). The molecule has 0 aliphatic carbocycles. The van der Waals surface area contributed by atoms with E-state index in [4.69, 9.17) is 0 Å². The number of alkyl halides is 3. The normalized spacial score (nSPS) is 17.1. The van der Waals surface area contributed by atoms with Crippen LogP contribution in [0.2, 0.25) is 0 Å². The van der Waals surface area contributed by atoms with Gasteiger partial charge >= 0.3 is 6.36 Å². The van der Waals surface area contributed by atoms with Crippen LogP contribution in [-0.2, 0) is 11.2 Å². The molecule has 156 valence electrons. The van der Waals surface area contributed by atoms with Crippen molar-refractivity contribution in [2.24, 2.45) is 0 Å². The predicted molar refractivity (Wildman–Crippen MR) is 103 cm³/mol. The van der Waals surface area contributed by atoms with Gasteiger partial charge in [0.25, 0.3) is 5.91 Å². The molecule has 2 amide bonds. The summed E-state index contributed by atoms with van der Waals surface area (Å²) in [7, 11) is 0. The summed E-state index contributed by atoms with van der Waals surface area (Å²) in [4.78, 5) is 27.6. The molecular weight excluding hydrogens is 405 g/mol. The lowest BCUT2D eigenvalue weighted by atomic mass is 10.0. The fraction of sp³-hybridized carbons (Fsp3) is 0.400. The number of halogens is 3. The minimum Gasteiger partial charge on any atom is -0.406 e. The second kappa shape index (κ2) is 9.30. The van der Waals surface area contributed by atoms with Crippen molar-refractivity contribution in [3.8, 4) is 5.75 Å². The first-order chi connectivity index (χ1) is 13.8. The Balaban J connectivity index is 1.52. The van der Waals surface area contributed by atoms with Crippen molar-refractivity contribution in [3.05, 3.63) is 52.2 Å². The number of nitrogens with zero attached hydrogens (tertiary/aromatic N) is 1. The molecule has 0 radical (unpaired) electrons. The van der Waals surface area contributed by atoms with Gasteiger partial charge in [-0.25, -0.2) is 0 Å². The zero-order valence-corrected chi connectivity index (χ0v) is 16.4. The number of piperidine rings is 1. The summed E-state index contributed by atoms with van der Waals surface area (Å²) in [6.45, 7) is 0.880. The highest BCUT2D eigenvalue weighted by Crippen LogP contribution is 2.23. The maximum absolute atomic E-state index is 12.7. The van der Waals surface area contributed by atoms with Crippen LogP contribution in [0, 0.1) is 0 Å². The molecule has 1 aliphatic rings. The van der Waals surface area contributed by atoms with E-state index in [9.17, 15) is 22.8 Å². The molecule has 5 nitrogen and oxygen atoms in total. The lowest BCUT2D eigenvalue weighted by Gasteiger charge is -2.34. The Morgan fingerprint density at radius 1 is 1.17 bits per heavy atom. The van der Waals surface area contributed by atoms with E-state index >= 15 is 0 Å². The molecule has 0 spiro atoms. The smallest absolute Gasteiger partial charge is 0.406 e. The summed E-state index contributed by atoms with van der Waals surface area (Å²) in [6.07, 6.45) is -1.89. The molecule has 1 fully saturated rings. The van der Waals surface area contributed by atoms with E-state index < -0.39 is 12.4 Å². The van der Waals surface area contributed by atoms with Gasteiger partial charge in [0.1, 0.15) is 11.8 Å². The van der Waals surface area contributed by atoms with Gasteiger partial charge in [0.05, 0.1) is 4.88 Å². The van der Waals surface area contributed by atoms with Crippen LogP contribution < -0.4 is 10.1 Å². The molecule has 1 N–H and O–H groups in total. The summed E-state index contributed by atoms with van der Waals surface area (Å²) in [5.41, 5.74) is 0.773. The quantitative estimate of drug-likeness (QED) is 0.760. The third-order valence-electron chi connectivity index (χ3n) is 4.67. The number of nitrogens with one attached hydrogen (secondary N) is 1. The number of ether oxygens (including phenoxy) is 1. The molecule has 2 heterocycles. The van der Waals surface area contributed by atoms with Crippen molar-refractivity contribution in [1.29, 1.82) is 0 Å². The molecule has 2 aromatic rings. The minimum absolute atomic E-state index is 0.125. The zero-order chi connectivity index (χ0) is 20.9. The fourth-order valence-corrected chi connectivity index (χ4v) is 3.97. The van der Waals surface area contributed by atoms with Gasteiger partial charge in [-0.15, -0.1) is 24.5 Å². The molecule has 1 aromatic carbocycles. The van der Waals surface area contributed by atoms with Crippen LogP contribution in [0.3, 0.4) is 0 Å². The number of carbonyl (C=O) groups excluding carboxylic acids is 2. The van der Waals surface area contributed by atoms with Gasteiger partial charge < -0.3 is 15.0 Å². The standard InChI is InChI=1S/C20H21F3N2O3S/c21-20(22,23)28-15-8-6-14(7-9-15)10-11-24-18(26)16-4-1-2-12-25(16)19(27)17-5-3-13-29-17/h3,5-9,13,16H,1-2,4,10-12H2,(H,24,26). The highest BCUT2D eigenvalue weighted by Gasteiger charge is 2.33. The van der Waals surface area contributed by atoms with Crippen molar-refractivity contribution in [3.63, 3.8) is 0 Å². The van der Waals surface area contributed by atoms with Crippen LogP contribution in [-0.4, -0.2) is 42.2 Å². The molecule has 0 saturated carbocycles. The lowest BCUT2D eigenvalue weighted by Crippen LogP contribution is -2.52. The first kappa shape index (κ1) is 21.2. The van der Waals surface area contributed by atoms with E-state index in [0.717, 1.165) is 18.4 Å². The van der Waals surface area contributed by atoms with E-state index in [-0.39, 0.29) is 17.6 Å². The summed E-state index contributed by atoms with van der Waals surface area (Å²) < 4.78 is 40.4. The SMILES string of the molecule is O=C(NCCc1ccc(OC(F)(F)F)cc1)C1CCCCN1C(=O)c1cccs1. The Bertz CT molecular complexity index is 822. The molecule has 1 saturated heterocycles. The monoisotopic (exact) mass is 426 g/mol.